The standard InChI is InChI=1S/C20H37N3O/c1-6-9-19(21-4)20(24)13-11-17(12-14-20)23(7-2)18-10-8-15-22(5)16(18)3/h6,9,16-18,24H,7-8,10-15H2,1-5H3/b9-6-,21-19?. The molecule has 1 heterocycles. The number of rotatable bonds is 5. The first-order valence-corrected chi connectivity index (χ1v) is 9.75. The number of hydrogen-bond acceptors (Lipinski definition) is 4. The molecule has 2 fully saturated rings. The number of allylic oxidation sites excluding steroid dienone is 1. The van der Waals surface area contributed by atoms with Gasteiger partial charge in [0.15, 0.2) is 0 Å². The number of nitrogens with zero attached hydrogens (tertiary/aromatic N) is 3. The van der Waals surface area contributed by atoms with Crippen LogP contribution in [0.3, 0.4) is 0 Å². The summed E-state index contributed by atoms with van der Waals surface area (Å²) >= 11 is 0. The van der Waals surface area contributed by atoms with Crippen LogP contribution in [0, 0.1) is 0 Å². The van der Waals surface area contributed by atoms with E-state index in [2.05, 4.69) is 35.7 Å². The van der Waals surface area contributed by atoms with E-state index in [0.29, 0.717) is 18.1 Å². The van der Waals surface area contributed by atoms with Gasteiger partial charge < -0.3 is 10.0 Å². The van der Waals surface area contributed by atoms with Crippen molar-refractivity contribution in [3.05, 3.63) is 12.2 Å². The van der Waals surface area contributed by atoms with Gasteiger partial charge in [0, 0.05) is 25.2 Å². The molecule has 2 rings (SSSR count). The maximum absolute atomic E-state index is 11.0. The lowest BCUT2D eigenvalue weighted by molar-refractivity contribution is -0.00675. The second-order valence-electron chi connectivity index (χ2n) is 7.63. The predicted molar refractivity (Wildman–Crippen MR) is 103 cm³/mol. The molecule has 4 nitrogen and oxygen atoms in total. The Kier molecular flexibility index (Phi) is 7.02. The van der Waals surface area contributed by atoms with Crippen LogP contribution in [0.1, 0.15) is 59.3 Å². The van der Waals surface area contributed by atoms with E-state index in [4.69, 9.17) is 0 Å². The number of aliphatic hydroxyl groups is 1. The number of piperidine rings is 1. The summed E-state index contributed by atoms with van der Waals surface area (Å²) in [6, 6.07) is 1.87. The highest BCUT2D eigenvalue weighted by molar-refractivity contribution is 6.01. The molecule has 0 spiro atoms. The number of likely N-dealkylation sites (tertiary alicyclic amines) is 1. The Morgan fingerprint density at radius 2 is 2.00 bits per heavy atom. The molecule has 4 heteroatoms. The van der Waals surface area contributed by atoms with Crippen LogP contribution in [-0.4, -0.2) is 71.5 Å². The van der Waals surface area contributed by atoms with Crippen LogP contribution in [0.15, 0.2) is 17.1 Å². The van der Waals surface area contributed by atoms with Gasteiger partial charge in [0.05, 0.1) is 5.71 Å². The molecule has 1 saturated heterocycles. The zero-order valence-corrected chi connectivity index (χ0v) is 16.3. The molecule has 0 amide bonds. The normalized spacial score (nSPS) is 36.6. The first kappa shape index (κ1) is 19.6. The van der Waals surface area contributed by atoms with Crippen molar-refractivity contribution < 1.29 is 5.11 Å². The van der Waals surface area contributed by atoms with E-state index in [-0.39, 0.29) is 0 Å². The van der Waals surface area contributed by atoms with Gasteiger partial charge in [-0.05, 0) is 78.6 Å². The van der Waals surface area contributed by atoms with Gasteiger partial charge in [-0.1, -0.05) is 13.0 Å². The average Bonchev–Trinajstić information content (AvgIpc) is 2.58. The van der Waals surface area contributed by atoms with Crippen LogP contribution >= 0.6 is 0 Å². The van der Waals surface area contributed by atoms with Crippen LogP contribution in [0.4, 0.5) is 0 Å². The summed E-state index contributed by atoms with van der Waals surface area (Å²) < 4.78 is 0. The van der Waals surface area contributed by atoms with Crippen molar-refractivity contribution in [3.63, 3.8) is 0 Å². The fourth-order valence-corrected chi connectivity index (χ4v) is 4.76. The lowest BCUT2D eigenvalue weighted by Gasteiger charge is -2.48. The third kappa shape index (κ3) is 4.09. The summed E-state index contributed by atoms with van der Waals surface area (Å²) in [4.78, 5) is 9.56. The van der Waals surface area contributed by atoms with Crippen LogP contribution in [0.2, 0.25) is 0 Å². The Hall–Kier alpha value is -0.710. The highest BCUT2D eigenvalue weighted by Gasteiger charge is 2.40. The zero-order chi connectivity index (χ0) is 17.7. The number of likely N-dealkylation sites (N-methyl/N-ethyl adjacent to an activating group) is 2. The van der Waals surface area contributed by atoms with Crippen molar-refractivity contribution in [1.82, 2.24) is 9.80 Å². The smallest absolute Gasteiger partial charge is 0.106 e. The second-order valence-corrected chi connectivity index (χ2v) is 7.63. The molecule has 138 valence electrons. The molecule has 0 aromatic heterocycles. The van der Waals surface area contributed by atoms with Gasteiger partial charge in [-0.3, -0.25) is 9.89 Å². The largest absolute Gasteiger partial charge is 0.384 e. The lowest BCUT2D eigenvalue weighted by Crippen LogP contribution is -2.57. The topological polar surface area (TPSA) is 39.1 Å². The predicted octanol–water partition coefficient (Wildman–Crippen LogP) is 3.11. The minimum Gasteiger partial charge on any atom is -0.384 e. The summed E-state index contributed by atoms with van der Waals surface area (Å²) in [6.07, 6.45) is 10.3. The molecule has 0 radical (unpaired) electrons. The van der Waals surface area contributed by atoms with Gasteiger partial charge in [0.2, 0.25) is 0 Å². The Morgan fingerprint density at radius 3 is 2.54 bits per heavy atom. The molecule has 1 aliphatic carbocycles. The van der Waals surface area contributed by atoms with Crippen molar-refractivity contribution in [2.75, 3.05) is 27.2 Å². The molecule has 0 aromatic rings. The lowest BCUT2D eigenvalue weighted by atomic mass is 9.77. The SMILES string of the molecule is C/C=C\C(=NC)C1(O)CCC(N(CC)C2CCCN(C)C2C)CC1. The quantitative estimate of drug-likeness (QED) is 0.785. The maximum Gasteiger partial charge on any atom is 0.106 e. The molecule has 2 atom stereocenters. The van der Waals surface area contributed by atoms with Crippen LogP contribution < -0.4 is 0 Å². The van der Waals surface area contributed by atoms with E-state index in [1.165, 1.54) is 19.4 Å². The van der Waals surface area contributed by atoms with Crippen LogP contribution in [0.5, 0.6) is 0 Å². The van der Waals surface area contributed by atoms with Gasteiger partial charge in [0.1, 0.15) is 5.60 Å². The van der Waals surface area contributed by atoms with E-state index in [1.54, 1.807) is 7.05 Å². The van der Waals surface area contributed by atoms with Crippen molar-refractivity contribution in [3.8, 4) is 0 Å². The van der Waals surface area contributed by atoms with Gasteiger partial charge >= 0.3 is 0 Å². The summed E-state index contributed by atoms with van der Waals surface area (Å²) in [7, 11) is 4.04. The molecule has 1 aliphatic heterocycles. The number of hydrogen-bond donors (Lipinski definition) is 1. The molecule has 0 aromatic carbocycles. The fraction of sp³-hybridized carbons (Fsp3) is 0.850. The molecule has 2 aliphatic rings. The highest BCUT2D eigenvalue weighted by atomic mass is 16.3. The summed E-state index contributed by atoms with van der Waals surface area (Å²) in [5, 5.41) is 11.0. The van der Waals surface area contributed by atoms with Crippen LogP contribution in [0.25, 0.3) is 0 Å². The molecule has 2 unspecified atom stereocenters. The van der Waals surface area contributed by atoms with Gasteiger partial charge in [0.25, 0.3) is 0 Å². The Morgan fingerprint density at radius 1 is 1.33 bits per heavy atom. The first-order valence-electron chi connectivity index (χ1n) is 9.75. The van der Waals surface area contributed by atoms with Gasteiger partial charge in [-0.15, -0.1) is 0 Å². The molecular formula is C20H37N3O. The highest BCUT2D eigenvalue weighted by Crippen LogP contribution is 2.35. The Bertz CT molecular complexity index is 452. The van der Waals surface area contributed by atoms with E-state index in [9.17, 15) is 5.11 Å². The van der Waals surface area contributed by atoms with Crippen molar-refractivity contribution in [2.45, 2.75) is 83.0 Å². The van der Waals surface area contributed by atoms with Crippen molar-refractivity contribution in [1.29, 1.82) is 0 Å². The monoisotopic (exact) mass is 335 g/mol. The summed E-state index contributed by atoms with van der Waals surface area (Å²) in [5.41, 5.74) is 0.115. The van der Waals surface area contributed by atoms with Gasteiger partial charge in [-0.25, -0.2) is 0 Å². The minimum absolute atomic E-state index is 0.595. The average molecular weight is 336 g/mol. The van der Waals surface area contributed by atoms with E-state index >= 15 is 0 Å². The molecule has 24 heavy (non-hydrogen) atoms. The molecular weight excluding hydrogens is 298 g/mol. The first-order chi connectivity index (χ1) is 11.5. The van der Waals surface area contributed by atoms with E-state index in [1.807, 2.05) is 19.1 Å². The summed E-state index contributed by atoms with van der Waals surface area (Å²) in [5.74, 6) is 0. The Labute approximate surface area is 148 Å². The van der Waals surface area contributed by atoms with Crippen molar-refractivity contribution >= 4 is 5.71 Å². The van der Waals surface area contributed by atoms with Gasteiger partial charge in [-0.2, -0.15) is 0 Å². The van der Waals surface area contributed by atoms with E-state index < -0.39 is 5.60 Å². The zero-order valence-electron chi connectivity index (χ0n) is 16.3. The third-order valence-electron chi connectivity index (χ3n) is 6.35. The summed E-state index contributed by atoms with van der Waals surface area (Å²) in [6.45, 7) is 8.98. The Balaban J connectivity index is 2.04. The van der Waals surface area contributed by atoms with Crippen LogP contribution in [-0.2, 0) is 0 Å². The minimum atomic E-state index is -0.730. The molecule has 0 bridgehead atoms. The fourth-order valence-electron chi connectivity index (χ4n) is 4.76. The van der Waals surface area contributed by atoms with Crippen molar-refractivity contribution in [2.24, 2.45) is 4.99 Å². The van der Waals surface area contributed by atoms with E-state index in [0.717, 1.165) is 37.9 Å². The molecule has 1 saturated carbocycles. The third-order valence-corrected chi connectivity index (χ3v) is 6.35. The number of aliphatic imine (C=N–C) groups is 1. The maximum atomic E-state index is 11.0. The molecule has 1 N–H and O–H groups in total. The second kappa shape index (κ2) is 8.59.